The van der Waals surface area contributed by atoms with Crippen LogP contribution in [0.4, 0.5) is 11.5 Å². The van der Waals surface area contributed by atoms with E-state index in [1.807, 2.05) is 24.3 Å². The summed E-state index contributed by atoms with van der Waals surface area (Å²) in [6, 6.07) is 9.20. The predicted molar refractivity (Wildman–Crippen MR) is 112 cm³/mol. The molecule has 0 saturated carbocycles. The number of rotatable bonds is 11. The molecule has 0 unspecified atom stereocenters. The number of nitrogens with zero attached hydrogens (tertiary/aromatic N) is 1. The second kappa shape index (κ2) is 11.1. The minimum absolute atomic E-state index is 0.176. The molecule has 0 aliphatic carbocycles. The van der Waals surface area contributed by atoms with Gasteiger partial charge in [0.1, 0.15) is 12.4 Å². The van der Waals surface area contributed by atoms with Gasteiger partial charge in [-0.25, -0.2) is 4.79 Å². The number of nitrogens with one attached hydrogen (secondary N) is 3. The Morgan fingerprint density at radius 2 is 1.71 bits per heavy atom. The van der Waals surface area contributed by atoms with E-state index in [-0.39, 0.29) is 18.3 Å². The molecule has 28 heavy (non-hydrogen) atoms. The highest BCUT2D eigenvalue weighted by Crippen LogP contribution is 2.17. The van der Waals surface area contributed by atoms with Crippen molar-refractivity contribution in [2.24, 2.45) is 0 Å². The highest BCUT2D eigenvalue weighted by atomic mass is 16.2. The SMILES string of the molecule is CCCCCCCCc1ccc(Nc2cc(=O)[nH]c(=O)n2CC(=O)NC)cc1. The van der Waals surface area contributed by atoms with Crippen molar-refractivity contribution in [2.75, 3.05) is 12.4 Å². The number of anilines is 2. The van der Waals surface area contributed by atoms with Gasteiger partial charge in [0.15, 0.2) is 0 Å². The zero-order valence-corrected chi connectivity index (χ0v) is 16.7. The van der Waals surface area contributed by atoms with Gasteiger partial charge in [-0.15, -0.1) is 0 Å². The molecule has 0 saturated heterocycles. The van der Waals surface area contributed by atoms with Crippen molar-refractivity contribution >= 4 is 17.4 Å². The number of carbonyl (C=O) groups excluding carboxylic acids is 1. The van der Waals surface area contributed by atoms with Gasteiger partial charge in [-0.1, -0.05) is 51.2 Å². The second-order valence-electron chi connectivity index (χ2n) is 6.92. The van der Waals surface area contributed by atoms with Crippen LogP contribution in [0.25, 0.3) is 0 Å². The standard InChI is InChI=1S/C21H30N4O3/c1-3-4-5-6-7-8-9-16-10-12-17(13-11-16)23-18-14-19(26)24-21(28)25(18)15-20(27)22-2/h10-14,23H,3-9,15H2,1-2H3,(H,22,27)(H,24,26,28). The Labute approximate surface area is 165 Å². The van der Waals surface area contributed by atoms with Crippen LogP contribution in [0, 0.1) is 0 Å². The van der Waals surface area contributed by atoms with E-state index in [9.17, 15) is 14.4 Å². The Kier molecular flexibility index (Phi) is 8.52. The Balaban J connectivity index is 2.01. The van der Waals surface area contributed by atoms with Crippen molar-refractivity contribution < 1.29 is 4.79 Å². The van der Waals surface area contributed by atoms with Crippen LogP contribution in [-0.2, 0) is 17.8 Å². The number of hydrogen-bond donors (Lipinski definition) is 3. The molecule has 0 atom stereocenters. The number of H-pyrrole nitrogens is 1. The number of aromatic amines is 1. The summed E-state index contributed by atoms with van der Waals surface area (Å²) in [5.74, 6) is -0.0486. The maximum absolute atomic E-state index is 12.1. The average Bonchev–Trinajstić information content (AvgIpc) is 2.68. The molecule has 3 N–H and O–H groups in total. The van der Waals surface area contributed by atoms with Gasteiger partial charge in [-0.3, -0.25) is 19.1 Å². The Morgan fingerprint density at radius 3 is 2.39 bits per heavy atom. The third-order valence-electron chi connectivity index (χ3n) is 4.66. The summed E-state index contributed by atoms with van der Waals surface area (Å²) >= 11 is 0. The zero-order chi connectivity index (χ0) is 20.4. The largest absolute Gasteiger partial charge is 0.358 e. The van der Waals surface area contributed by atoms with E-state index >= 15 is 0 Å². The maximum atomic E-state index is 12.1. The molecule has 0 bridgehead atoms. The number of hydrogen-bond acceptors (Lipinski definition) is 4. The molecule has 0 aliphatic rings. The van der Waals surface area contributed by atoms with E-state index < -0.39 is 11.2 Å². The van der Waals surface area contributed by atoms with Crippen molar-refractivity contribution in [3.8, 4) is 0 Å². The summed E-state index contributed by atoms with van der Waals surface area (Å²) in [7, 11) is 1.49. The fraction of sp³-hybridized carbons (Fsp3) is 0.476. The molecule has 0 fully saturated rings. The van der Waals surface area contributed by atoms with Crippen LogP contribution < -0.4 is 21.9 Å². The van der Waals surface area contributed by atoms with Gasteiger partial charge in [0.25, 0.3) is 5.56 Å². The van der Waals surface area contributed by atoms with Crippen LogP contribution in [0.2, 0.25) is 0 Å². The molecule has 2 aromatic rings. The lowest BCUT2D eigenvalue weighted by atomic mass is 10.0. The third kappa shape index (κ3) is 6.72. The number of aromatic nitrogens is 2. The second-order valence-corrected chi connectivity index (χ2v) is 6.92. The number of unbranched alkanes of at least 4 members (excludes halogenated alkanes) is 5. The zero-order valence-electron chi connectivity index (χ0n) is 16.7. The molecule has 7 heteroatoms. The van der Waals surface area contributed by atoms with Crippen LogP contribution in [0.1, 0.15) is 51.0 Å². The summed E-state index contributed by atoms with van der Waals surface area (Å²) in [5.41, 5.74) is 0.871. The number of likely N-dealkylation sites (N-methyl/N-ethyl adjacent to an activating group) is 1. The molecular weight excluding hydrogens is 356 g/mol. The summed E-state index contributed by atoms with van der Waals surface area (Å²) in [6.07, 6.45) is 8.65. The fourth-order valence-electron chi connectivity index (χ4n) is 3.02. The lowest BCUT2D eigenvalue weighted by Crippen LogP contribution is -2.35. The minimum atomic E-state index is -0.627. The first-order valence-corrected chi connectivity index (χ1v) is 9.94. The van der Waals surface area contributed by atoms with Gasteiger partial charge >= 0.3 is 5.69 Å². The number of benzene rings is 1. The number of amides is 1. The third-order valence-corrected chi connectivity index (χ3v) is 4.66. The quantitative estimate of drug-likeness (QED) is 0.517. The Bertz CT molecular complexity index is 868. The molecule has 1 heterocycles. The van der Waals surface area contributed by atoms with Gasteiger partial charge in [-0.05, 0) is 30.5 Å². The summed E-state index contributed by atoms with van der Waals surface area (Å²) in [5, 5.41) is 5.54. The maximum Gasteiger partial charge on any atom is 0.330 e. The van der Waals surface area contributed by atoms with E-state index in [4.69, 9.17) is 0 Å². The van der Waals surface area contributed by atoms with Gasteiger partial charge < -0.3 is 10.6 Å². The van der Waals surface area contributed by atoms with Crippen LogP contribution in [0.5, 0.6) is 0 Å². The highest BCUT2D eigenvalue weighted by Gasteiger charge is 2.10. The minimum Gasteiger partial charge on any atom is -0.358 e. The molecule has 2 rings (SSSR count). The molecule has 7 nitrogen and oxygen atoms in total. The lowest BCUT2D eigenvalue weighted by Gasteiger charge is -2.13. The predicted octanol–water partition coefficient (Wildman–Crippen LogP) is 2.93. The first kappa shape index (κ1) is 21.5. The van der Waals surface area contributed by atoms with Crippen LogP contribution in [0.3, 0.4) is 0 Å². The lowest BCUT2D eigenvalue weighted by molar-refractivity contribution is -0.121. The van der Waals surface area contributed by atoms with Crippen molar-refractivity contribution in [3.05, 3.63) is 56.7 Å². The van der Waals surface area contributed by atoms with E-state index in [0.717, 1.165) is 12.1 Å². The first-order chi connectivity index (χ1) is 13.5. The topological polar surface area (TPSA) is 96.0 Å². The number of aryl methyl sites for hydroxylation is 1. The van der Waals surface area contributed by atoms with Crippen LogP contribution in [-0.4, -0.2) is 22.5 Å². The van der Waals surface area contributed by atoms with Gasteiger partial charge in [0.05, 0.1) is 0 Å². The Morgan fingerprint density at radius 1 is 1.04 bits per heavy atom. The summed E-state index contributed by atoms with van der Waals surface area (Å²) in [4.78, 5) is 37.6. The van der Waals surface area contributed by atoms with Gasteiger partial charge in [0, 0.05) is 18.8 Å². The highest BCUT2D eigenvalue weighted by molar-refractivity contribution is 5.76. The van der Waals surface area contributed by atoms with E-state index in [2.05, 4.69) is 22.5 Å². The monoisotopic (exact) mass is 386 g/mol. The van der Waals surface area contributed by atoms with Crippen molar-refractivity contribution in [3.63, 3.8) is 0 Å². The van der Waals surface area contributed by atoms with E-state index in [1.165, 1.54) is 61.8 Å². The van der Waals surface area contributed by atoms with Crippen molar-refractivity contribution in [1.82, 2.24) is 14.9 Å². The molecule has 152 valence electrons. The van der Waals surface area contributed by atoms with Crippen LogP contribution in [0.15, 0.2) is 39.9 Å². The van der Waals surface area contributed by atoms with Gasteiger partial charge in [0.2, 0.25) is 5.91 Å². The normalized spacial score (nSPS) is 10.6. The van der Waals surface area contributed by atoms with Crippen LogP contribution >= 0.6 is 0 Å². The average molecular weight is 386 g/mol. The van der Waals surface area contributed by atoms with Crippen molar-refractivity contribution in [2.45, 2.75) is 58.4 Å². The molecule has 1 amide bonds. The Hall–Kier alpha value is -2.83. The molecule has 0 radical (unpaired) electrons. The summed E-state index contributed by atoms with van der Waals surface area (Å²) < 4.78 is 1.20. The molecule has 1 aromatic carbocycles. The van der Waals surface area contributed by atoms with E-state index in [0.29, 0.717) is 0 Å². The van der Waals surface area contributed by atoms with Gasteiger partial charge in [-0.2, -0.15) is 0 Å². The van der Waals surface area contributed by atoms with Crippen molar-refractivity contribution in [1.29, 1.82) is 0 Å². The molecule has 0 aliphatic heterocycles. The first-order valence-electron chi connectivity index (χ1n) is 9.94. The molecular formula is C21H30N4O3. The van der Waals surface area contributed by atoms with E-state index in [1.54, 1.807) is 0 Å². The fourth-order valence-corrected chi connectivity index (χ4v) is 3.02. The molecule has 1 aromatic heterocycles. The number of carbonyl (C=O) groups is 1. The smallest absolute Gasteiger partial charge is 0.330 e. The molecule has 0 spiro atoms. The summed E-state index contributed by atoms with van der Waals surface area (Å²) in [6.45, 7) is 2.05.